The summed E-state index contributed by atoms with van der Waals surface area (Å²) < 4.78 is 68.8. The molecule has 1 heterocycles. The average Bonchev–Trinajstić information content (AvgIpc) is 3.86. The summed E-state index contributed by atoms with van der Waals surface area (Å²) in [4.78, 5) is 74.8. The van der Waals surface area contributed by atoms with Crippen molar-refractivity contribution < 1.29 is 81.3 Å². The van der Waals surface area contributed by atoms with Crippen molar-refractivity contribution in [3.63, 3.8) is 0 Å². The quantitative estimate of drug-likeness (QED) is 0.0487. The molecule has 0 spiro atoms. The van der Waals surface area contributed by atoms with Crippen LogP contribution in [0.5, 0.6) is 0 Å². The van der Waals surface area contributed by atoms with Crippen molar-refractivity contribution in [2.45, 2.75) is 103 Å². The number of ether oxygens (including phenoxy) is 6. The molecule has 0 bridgehead atoms. The summed E-state index contributed by atoms with van der Waals surface area (Å²) in [5, 5.41) is 37.9. The third kappa shape index (κ3) is 12.3. The molecule has 18 nitrogen and oxygen atoms in total. The molecule has 0 aromatic heterocycles. The largest absolute Gasteiger partial charge is 0.481 e. The number of thiol groups is 1. The molecule has 2 aromatic carbocycles. The highest BCUT2D eigenvalue weighted by Crippen LogP contribution is 2.72. The first kappa shape index (κ1) is 57.1. The van der Waals surface area contributed by atoms with Gasteiger partial charge in [-0.2, -0.15) is 12.6 Å². The van der Waals surface area contributed by atoms with Crippen LogP contribution in [0.15, 0.2) is 82.1 Å². The number of carbonyl (C=O) groups excluding carboxylic acids is 5. The Kier molecular flexibility index (Phi) is 19.3. The number of carbonyl (C=O) groups is 6. The Labute approximate surface area is 437 Å². The smallest absolute Gasteiger partial charge is 0.304 e. The number of rotatable bonds is 27. The van der Waals surface area contributed by atoms with Crippen LogP contribution in [0.3, 0.4) is 0 Å². The normalized spacial score (nSPS) is 30.0. The number of aliphatic carboxylic acids is 1. The van der Waals surface area contributed by atoms with Crippen LogP contribution in [-0.4, -0.2) is 158 Å². The molecule has 404 valence electrons. The van der Waals surface area contributed by atoms with E-state index in [1.165, 1.54) is 30.8 Å². The van der Waals surface area contributed by atoms with Crippen LogP contribution in [0.25, 0.3) is 0 Å². The molecule has 22 heteroatoms. The van der Waals surface area contributed by atoms with Crippen molar-refractivity contribution in [3.8, 4) is 0 Å². The standard InChI is InChI=1S/C52H65F2N3O15S2/c1-49-13-10-33(59)25-38(49)39(53)26-37-36-27-43-52(42(61)30-58,50(36,2)29-41(60)51(37,49)54)72-48(71-43)31-6-8-34(9-7-31)74-35-5-3-4-32(24-35)57-45(63)12-16-67-18-20-69-22-23-70-21-19-68-17-15-55-44(62)11-14-56-47(66)40(73)28-46(64)65/h3-10,13,24-25,36-37,39-41,43,48,58,60,73H,11-12,14-23,26-30H2,1-2H3,(H,55,62)(H,56,66)(H,57,63)(H,64,65)/t36?,37-,39-,40?,41-,43+,48+,49-,50-,51-,52+/m0/s1. The maximum Gasteiger partial charge on any atom is 0.304 e. The maximum absolute atomic E-state index is 17.8. The summed E-state index contributed by atoms with van der Waals surface area (Å²) in [6.45, 7) is 5.09. The number of alkyl halides is 2. The topological polar surface area (TPSA) is 255 Å². The van der Waals surface area contributed by atoms with Gasteiger partial charge in [0.15, 0.2) is 29.1 Å². The van der Waals surface area contributed by atoms with Gasteiger partial charge >= 0.3 is 5.97 Å². The Morgan fingerprint density at radius 2 is 1.54 bits per heavy atom. The van der Waals surface area contributed by atoms with Gasteiger partial charge in [0.25, 0.3) is 0 Å². The highest BCUT2D eigenvalue weighted by molar-refractivity contribution is 7.99. The molecule has 2 unspecified atom stereocenters. The number of hydrogen-bond acceptors (Lipinski definition) is 16. The number of fused-ring (bicyclic) bond motifs is 7. The lowest BCUT2D eigenvalue weighted by Crippen LogP contribution is -2.70. The van der Waals surface area contributed by atoms with Gasteiger partial charge < -0.3 is 59.7 Å². The lowest BCUT2D eigenvalue weighted by Gasteiger charge is -2.63. The van der Waals surface area contributed by atoms with Crippen LogP contribution < -0.4 is 16.0 Å². The van der Waals surface area contributed by atoms with E-state index in [4.69, 9.17) is 33.5 Å². The van der Waals surface area contributed by atoms with Crippen LogP contribution in [-0.2, 0) is 57.2 Å². The Morgan fingerprint density at radius 1 is 0.865 bits per heavy atom. The second-order valence-electron chi connectivity index (χ2n) is 19.4. The molecular weight excluding hydrogens is 1010 g/mol. The summed E-state index contributed by atoms with van der Waals surface area (Å²) >= 11 is 5.37. The minimum atomic E-state index is -2.34. The van der Waals surface area contributed by atoms with E-state index in [0.29, 0.717) is 44.3 Å². The zero-order chi connectivity index (χ0) is 53.3. The summed E-state index contributed by atoms with van der Waals surface area (Å²) in [6, 6.07) is 14.7. The van der Waals surface area contributed by atoms with E-state index in [-0.39, 0.29) is 82.4 Å². The number of allylic oxidation sites excluding steroid dienone is 4. The molecule has 5 aliphatic rings. The molecule has 4 aliphatic carbocycles. The van der Waals surface area contributed by atoms with Crippen molar-refractivity contribution in [3.05, 3.63) is 77.9 Å². The fourth-order valence-corrected chi connectivity index (χ4v) is 12.5. The molecule has 7 rings (SSSR count). The lowest BCUT2D eigenvalue weighted by atomic mass is 9.44. The van der Waals surface area contributed by atoms with Gasteiger partial charge in [0.05, 0.1) is 83.2 Å². The number of carboxylic acids is 1. The summed E-state index contributed by atoms with van der Waals surface area (Å²) in [5.74, 6) is -5.01. The van der Waals surface area contributed by atoms with Gasteiger partial charge in [0.2, 0.25) is 17.7 Å². The van der Waals surface area contributed by atoms with Crippen molar-refractivity contribution in [2.75, 3.05) is 77.9 Å². The predicted octanol–water partition coefficient (Wildman–Crippen LogP) is 4.27. The molecule has 2 aromatic rings. The van der Waals surface area contributed by atoms with Gasteiger partial charge in [-0.25, -0.2) is 8.78 Å². The van der Waals surface area contributed by atoms with E-state index in [2.05, 4.69) is 28.6 Å². The van der Waals surface area contributed by atoms with Gasteiger partial charge in [-0.05, 0) is 80.2 Å². The predicted molar refractivity (Wildman–Crippen MR) is 267 cm³/mol. The first-order chi connectivity index (χ1) is 35.4. The Morgan fingerprint density at radius 3 is 2.22 bits per heavy atom. The number of benzene rings is 2. The number of hydrogen-bond donors (Lipinski definition) is 7. The minimum Gasteiger partial charge on any atom is -0.481 e. The highest BCUT2D eigenvalue weighted by Gasteiger charge is 2.80. The summed E-state index contributed by atoms with van der Waals surface area (Å²) in [5.41, 5.74) is -5.71. The van der Waals surface area contributed by atoms with Gasteiger partial charge in [-0.15, -0.1) is 0 Å². The lowest BCUT2D eigenvalue weighted by molar-refractivity contribution is -0.235. The second kappa shape index (κ2) is 25.0. The Balaban J connectivity index is 0.776. The van der Waals surface area contributed by atoms with Crippen LogP contribution >= 0.6 is 24.4 Å². The molecule has 3 amide bonds. The molecule has 1 saturated heterocycles. The number of anilines is 1. The number of Topliss-reactive ketones (excluding diaryl/α,β-unsaturated/α-hetero) is 1. The van der Waals surface area contributed by atoms with E-state index >= 15 is 8.78 Å². The van der Waals surface area contributed by atoms with Crippen LogP contribution in [0.2, 0.25) is 0 Å². The van der Waals surface area contributed by atoms with E-state index in [1.807, 2.05) is 30.3 Å². The number of aliphatic hydroxyl groups is 2. The second-order valence-corrected chi connectivity index (χ2v) is 21.2. The fourth-order valence-electron chi connectivity index (χ4n) is 11.4. The van der Waals surface area contributed by atoms with Gasteiger partial charge in [0.1, 0.15) is 12.8 Å². The van der Waals surface area contributed by atoms with E-state index < -0.39 is 100 Å². The van der Waals surface area contributed by atoms with Crippen LogP contribution in [0.4, 0.5) is 14.5 Å². The third-order valence-electron chi connectivity index (χ3n) is 14.9. The average molecular weight is 1070 g/mol. The molecule has 74 heavy (non-hydrogen) atoms. The molecule has 4 fully saturated rings. The molecule has 0 radical (unpaired) electrons. The summed E-state index contributed by atoms with van der Waals surface area (Å²) in [6.07, 6.45) is -2.15. The number of halogens is 2. The van der Waals surface area contributed by atoms with Crippen LogP contribution in [0, 0.1) is 22.7 Å². The molecule has 1 aliphatic heterocycles. The maximum atomic E-state index is 17.8. The zero-order valence-electron chi connectivity index (χ0n) is 41.3. The minimum absolute atomic E-state index is 0.00620. The highest BCUT2D eigenvalue weighted by atomic mass is 32.2. The summed E-state index contributed by atoms with van der Waals surface area (Å²) in [7, 11) is 0. The number of amides is 3. The van der Waals surface area contributed by atoms with E-state index in [9.17, 15) is 39.0 Å². The van der Waals surface area contributed by atoms with E-state index in [0.717, 1.165) is 15.9 Å². The molecule has 3 saturated carbocycles. The number of aliphatic hydroxyl groups excluding tert-OH is 2. The Bertz CT molecular complexity index is 2430. The van der Waals surface area contributed by atoms with Crippen molar-refractivity contribution >= 4 is 65.3 Å². The van der Waals surface area contributed by atoms with Crippen LogP contribution in [0.1, 0.15) is 64.2 Å². The zero-order valence-corrected chi connectivity index (χ0v) is 43.0. The van der Waals surface area contributed by atoms with Crippen molar-refractivity contribution in [1.29, 1.82) is 0 Å². The number of carboxylic acid groups (broad SMARTS) is 1. The molecular formula is C52H65F2N3O15S2. The first-order valence-corrected chi connectivity index (χ1v) is 26.1. The van der Waals surface area contributed by atoms with Crippen molar-refractivity contribution in [2.24, 2.45) is 22.7 Å². The number of nitrogens with one attached hydrogen (secondary N) is 3. The fraction of sp³-hybridized carbons (Fsp3) is 0.577. The van der Waals surface area contributed by atoms with Gasteiger partial charge in [-0.1, -0.05) is 43.0 Å². The SMILES string of the molecule is C[C@]12C=CC(=O)C=C1[C@@H](F)C[C@H]1C3C[C@H]4O[C@@H](c5ccc(Sc6cccc(NC(=O)CCOCCOCCOCCOCCNC(=O)CCNC(=O)C(S)CC(=O)O)c6)cc5)O[C@@]4(C(=O)CO)[C@@]3(C)C[C@H](O)[C@@]12F. The Hall–Kier alpha value is -4.62. The molecule has 6 N–H and O–H groups in total. The monoisotopic (exact) mass is 1070 g/mol. The van der Waals surface area contributed by atoms with Gasteiger partial charge in [0, 0.05) is 57.3 Å². The molecule has 11 atom stereocenters. The van der Waals surface area contributed by atoms with Gasteiger partial charge in [-0.3, -0.25) is 28.8 Å². The third-order valence-corrected chi connectivity index (χ3v) is 16.3. The van der Waals surface area contributed by atoms with E-state index in [1.54, 1.807) is 25.1 Å². The number of ketones is 2. The van der Waals surface area contributed by atoms with Crippen molar-refractivity contribution in [1.82, 2.24) is 10.6 Å². The first-order valence-electron chi connectivity index (χ1n) is 24.7.